The molecule has 2 amide bonds. The van der Waals surface area contributed by atoms with Crippen LogP contribution >= 0.6 is 0 Å². The lowest BCUT2D eigenvalue weighted by molar-refractivity contribution is -0.139. The maximum atomic E-state index is 12.3. The molecule has 12 nitrogen and oxygen atoms in total. The zero-order valence-electron chi connectivity index (χ0n) is 22.6. The fourth-order valence-corrected chi connectivity index (χ4v) is 4.13. The Labute approximate surface area is 231 Å². The first-order chi connectivity index (χ1) is 18.6. The van der Waals surface area contributed by atoms with Crippen LogP contribution < -0.4 is 32.8 Å². The van der Waals surface area contributed by atoms with Crippen LogP contribution in [0.1, 0.15) is 93.8 Å². The molecule has 1 atom stereocenters. The third-order valence-electron chi connectivity index (χ3n) is 6.44. The molecule has 0 unspecified atom stereocenters. The summed E-state index contributed by atoms with van der Waals surface area (Å²) in [7, 11) is -3.64. The number of benzene rings is 1. The van der Waals surface area contributed by atoms with E-state index >= 15 is 0 Å². The van der Waals surface area contributed by atoms with Crippen molar-refractivity contribution in [1.82, 2.24) is 16.1 Å². The van der Waals surface area contributed by atoms with Crippen LogP contribution in [0, 0.1) is 0 Å². The smallest absolute Gasteiger partial charge is 0.480 e. The van der Waals surface area contributed by atoms with Gasteiger partial charge in [-0.15, -0.1) is 0 Å². The Bertz CT molecular complexity index is 850. The van der Waals surface area contributed by atoms with Gasteiger partial charge in [0.15, 0.2) is 0 Å². The molecule has 0 radical (unpaired) electrons. The van der Waals surface area contributed by atoms with Crippen molar-refractivity contribution in [3.8, 4) is 0 Å². The molecule has 0 fully saturated rings. The van der Waals surface area contributed by atoms with Crippen LogP contribution in [0.5, 0.6) is 0 Å². The van der Waals surface area contributed by atoms with Crippen molar-refractivity contribution in [2.45, 2.75) is 89.5 Å². The lowest BCUT2D eigenvalue weighted by Gasteiger charge is -2.10. The van der Waals surface area contributed by atoms with E-state index in [0.717, 1.165) is 57.8 Å². The van der Waals surface area contributed by atoms with E-state index in [1.165, 1.54) is 18.2 Å². The minimum absolute atomic E-state index is 0.00971. The topological polar surface area (TPSA) is 214 Å². The number of carbonyl (C=O) groups is 3. The molecule has 0 bridgehead atoms. The molecule has 0 aromatic heterocycles. The van der Waals surface area contributed by atoms with Gasteiger partial charge in [0.25, 0.3) is 5.91 Å². The van der Waals surface area contributed by atoms with E-state index in [0.29, 0.717) is 38.8 Å². The van der Waals surface area contributed by atoms with Crippen LogP contribution in [0.2, 0.25) is 0 Å². The number of nitrogens with two attached hydrogens (primary N) is 1. The van der Waals surface area contributed by atoms with Gasteiger partial charge in [-0.1, -0.05) is 51.0 Å². The van der Waals surface area contributed by atoms with Gasteiger partial charge in [-0.2, -0.15) is 0 Å². The number of hydrogen-bond donors (Lipinski definition) is 9. The van der Waals surface area contributed by atoms with Crippen molar-refractivity contribution in [2.24, 2.45) is 5.84 Å². The molecule has 0 heterocycles. The Hall–Kier alpha value is -2.48. The monoisotopic (exact) mass is 550 g/mol. The van der Waals surface area contributed by atoms with Crippen LogP contribution in [-0.2, 0) is 9.59 Å². The second-order valence-corrected chi connectivity index (χ2v) is 9.73. The minimum atomic E-state index is -1.82. The minimum Gasteiger partial charge on any atom is -0.480 e. The number of hydrogen-bond acceptors (Lipinski definition) is 9. The Morgan fingerprint density at radius 1 is 0.718 bits per heavy atom. The van der Waals surface area contributed by atoms with Gasteiger partial charge in [-0.25, -0.2) is 5.43 Å². The number of rotatable bonds is 22. The van der Waals surface area contributed by atoms with Gasteiger partial charge in [0.1, 0.15) is 6.04 Å². The summed E-state index contributed by atoms with van der Waals surface area (Å²) in [5.74, 6) is 3.81. The molecular weight excluding hydrogens is 506 g/mol. The number of aliphatic carboxylic acids is 1. The van der Waals surface area contributed by atoms with Crippen molar-refractivity contribution in [3.05, 3.63) is 23.8 Å². The largest absolute Gasteiger partial charge is 0.488 e. The van der Waals surface area contributed by atoms with Crippen LogP contribution in [-0.4, -0.2) is 76.4 Å². The first kappa shape index (κ1) is 34.5. The van der Waals surface area contributed by atoms with Crippen LogP contribution in [0.25, 0.3) is 0 Å². The number of nitrogens with one attached hydrogen (secondary N) is 3. The molecule has 1 aromatic rings. The van der Waals surface area contributed by atoms with E-state index in [1.807, 2.05) is 0 Å². The quantitative estimate of drug-likeness (QED) is 0.0367. The highest BCUT2D eigenvalue weighted by Crippen LogP contribution is 2.11. The molecule has 1 aromatic carbocycles. The maximum Gasteiger partial charge on any atom is 0.488 e. The number of unbranched alkanes of at least 4 members (excludes halogenated alkanes) is 9. The van der Waals surface area contributed by atoms with Crippen molar-refractivity contribution >= 4 is 42.9 Å². The van der Waals surface area contributed by atoms with Crippen molar-refractivity contribution in [3.63, 3.8) is 0 Å². The Balaban J connectivity index is 2.01. The van der Waals surface area contributed by atoms with E-state index in [9.17, 15) is 34.5 Å². The number of hydrazine groups is 1. The lowest BCUT2D eigenvalue weighted by atomic mass is 9.72. The molecule has 1 rings (SSSR count). The normalized spacial score (nSPS) is 11.6. The molecule has 39 heavy (non-hydrogen) atoms. The highest BCUT2D eigenvalue weighted by Gasteiger charge is 2.20. The van der Waals surface area contributed by atoms with Gasteiger partial charge in [0, 0.05) is 25.1 Å². The Kier molecular flexibility index (Phi) is 18.1. The second-order valence-electron chi connectivity index (χ2n) is 9.73. The average molecular weight is 550 g/mol. The average Bonchev–Trinajstić information content (AvgIpc) is 2.90. The van der Waals surface area contributed by atoms with E-state index in [2.05, 4.69) is 16.1 Å². The van der Waals surface area contributed by atoms with E-state index in [4.69, 9.17) is 10.9 Å². The van der Waals surface area contributed by atoms with Gasteiger partial charge in [-0.05, 0) is 55.2 Å². The first-order valence-corrected chi connectivity index (χ1v) is 13.8. The predicted molar refractivity (Wildman–Crippen MR) is 150 cm³/mol. The summed E-state index contributed by atoms with van der Waals surface area (Å²) in [6, 6.07) is 3.08. The summed E-state index contributed by atoms with van der Waals surface area (Å²) >= 11 is 0. The van der Waals surface area contributed by atoms with E-state index in [-0.39, 0.29) is 22.4 Å². The maximum absolute atomic E-state index is 12.3. The highest BCUT2D eigenvalue weighted by atomic mass is 16.4. The standard InChI is InChI=1S/C25H44B2N4O8/c28-31-22(25(34)35)12-9-11-14-29-23(32)13-8-6-4-2-1-3-5-7-10-15-30-24(33)19-16-20(26(36)37)18-21(17-19)27(38)39/h16-18,22,31,36-39H,1-15,28H2,(H,29,32)(H,30,33)(H,34,35)/t22-/m0/s1. The van der Waals surface area contributed by atoms with Crippen LogP contribution in [0.3, 0.4) is 0 Å². The molecular formula is C25H44B2N4O8. The number of carbonyl (C=O) groups excluding carboxylic acids is 2. The molecule has 0 aliphatic heterocycles. The molecule has 218 valence electrons. The van der Waals surface area contributed by atoms with Gasteiger partial charge in [0.2, 0.25) is 5.91 Å². The van der Waals surface area contributed by atoms with Gasteiger partial charge in [0.05, 0.1) is 0 Å². The fourth-order valence-electron chi connectivity index (χ4n) is 4.13. The number of amides is 2. The molecule has 10 N–H and O–H groups in total. The Morgan fingerprint density at radius 2 is 1.21 bits per heavy atom. The molecule has 0 aliphatic rings. The fraction of sp³-hybridized carbons (Fsp3) is 0.640. The third kappa shape index (κ3) is 15.6. The molecule has 0 aliphatic carbocycles. The highest BCUT2D eigenvalue weighted by molar-refractivity contribution is 6.62. The van der Waals surface area contributed by atoms with Gasteiger partial charge >= 0.3 is 20.2 Å². The number of carboxylic acids is 1. The molecule has 0 saturated carbocycles. The lowest BCUT2D eigenvalue weighted by Crippen LogP contribution is -2.41. The third-order valence-corrected chi connectivity index (χ3v) is 6.44. The zero-order valence-corrected chi connectivity index (χ0v) is 22.6. The first-order valence-electron chi connectivity index (χ1n) is 13.8. The molecule has 0 spiro atoms. The second kappa shape index (κ2) is 20.4. The SMILES string of the molecule is NN[C@@H](CCCCNC(=O)CCCCCCCCCCCNC(=O)c1cc(B(O)O)cc(B(O)O)c1)C(=O)O. The predicted octanol–water partition coefficient (Wildman–Crippen LogP) is -1.12. The van der Waals surface area contributed by atoms with Crippen LogP contribution in [0.15, 0.2) is 18.2 Å². The van der Waals surface area contributed by atoms with Crippen LogP contribution in [0.4, 0.5) is 0 Å². The Morgan fingerprint density at radius 3 is 1.72 bits per heavy atom. The summed E-state index contributed by atoms with van der Waals surface area (Å²) in [4.78, 5) is 35.1. The molecule has 0 saturated heterocycles. The van der Waals surface area contributed by atoms with Gasteiger partial charge in [-0.3, -0.25) is 20.2 Å². The summed E-state index contributed by atoms with van der Waals surface area (Å²) < 4.78 is 0. The summed E-state index contributed by atoms with van der Waals surface area (Å²) in [5, 5.41) is 51.9. The van der Waals surface area contributed by atoms with Gasteiger partial charge < -0.3 is 35.8 Å². The van der Waals surface area contributed by atoms with Crippen molar-refractivity contribution in [2.75, 3.05) is 13.1 Å². The summed E-state index contributed by atoms with van der Waals surface area (Å²) in [6.07, 6.45) is 11.4. The summed E-state index contributed by atoms with van der Waals surface area (Å²) in [6.45, 7) is 1.01. The van der Waals surface area contributed by atoms with E-state index in [1.54, 1.807) is 0 Å². The van der Waals surface area contributed by atoms with Crippen molar-refractivity contribution in [1.29, 1.82) is 0 Å². The zero-order chi connectivity index (χ0) is 29.0. The summed E-state index contributed by atoms with van der Waals surface area (Å²) in [5.41, 5.74) is 2.41. The molecule has 14 heteroatoms. The number of carboxylic acid groups (broad SMARTS) is 1. The van der Waals surface area contributed by atoms with E-state index < -0.39 is 32.2 Å². The van der Waals surface area contributed by atoms with Crippen molar-refractivity contribution < 1.29 is 39.6 Å².